The first-order valence-corrected chi connectivity index (χ1v) is 13.0. The van der Waals surface area contributed by atoms with Crippen molar-refractivity contribution < 1.29 is 23.8 Å². The first-order chi connectivity index (χ1) is 16.8. The molecule has 2 heterocycles. The van der Waals surface area contributed by atoms with Gasteiger partial charge in [-0.3, -0.25) is 14.5 Å². The van der Waals surface area contributed by atoms with Crippen LogP contribution in [0.25, 0.3) is 6.08 Å². The molecule has 2 aromatic carbocycles. The Morgan fingerprint density at radius 3 is 2.63 bits per heavy atom. The molecule has 2 aromatic rings. The van der Waals surface area contributed by atoms with Crippen LogP contribution in [0.4, 0.5) is 5.69 Å². The Labute approximate surface area is 222 Å². The van der Waals surface area contributed by atoms with E-state index in [1.165, 1.54) is 18.9 Å². The van der Waals surface area contributed by atoms with Gasteiger partial charge >= 0.3 is 0 Å². The number of aryl methyl sites for hydroxylation is 2. The summed E-state index contributed by atoms with van der Waals surface area (Å²) < 4.78 is 17.7. The number of amides is 2. The summed E-state index contributed by atoms with van der Waals surface area (Å²) in [6.45, 7) is 6.10. The summed E-state index contributed by atoms with van der Waals surface area (Å²) in [5.74, 6) is 0.593. The molecule has 0 spiro atoms. The van der Waals surface area contributed by atoms with Crippen LogP contribution in [-0.2, 0) is 14.3 Å². The van der Waals surface area contributed by atoms with Crippen molar-refractivity contribution in [1.82, 2.24) is 4.90 Å². The van der Waals surface area contributed by atoms with E-state index in [0.29, 0.717) is 51.5 Å². The minimum absolute atomic E-state index is 0.108. The Morgan fingerprint density at radius 1 is 1.20 bits per heavy atom. The molecule has 10 heteroatoms. The van der Waals surface area contributed by atoms with Crippen LogP contribution in [0, 0.1) is 13.8 Å². The average Bonchev–Trinajstić information content (AvgIpc) is 3.12. The number of hydrogen-bond donors (Lipinski definition) is 0. The normalized spacial score (nSPS) is 17.3. The smallest absolute Gasteiger partial charge is 0.270 e. The van der Waals surface area contributed by atoms with E-state index in [2.05, 4.69) is 15.9 Å². The van der Waals surface area contributed by atoms with Gasteiger partial charge in [-0.15, -0.1) is 0 Å². The van der Waals surface area contributed by atoms with Crippen LogP contribution in [-0.4, -0.2) is 61.1 Å². The van der Waals surface area contributed by atoms with E-state index in [-0.39, 0.29) is 18.4 Å². The molecule has 2 amide bonds. The minimum Gasteiger partial charge on any atom is -0.493 e. The lowest BCUT2D eigenvalue weighted by Gasteiger charge is -2.27. The third-order valence-corrected chi connectivity index (χ3v) is 7.69. The van der Waals surface area contributed by atoms with Crippen molar-refractivity contribution in [2.24, 2.45) is 0 Å². The standard InChI is InChI=1S/C25H25BrN2O5S2/c1-15-4-5-18(10-16(15)2)28-24(30)21(35-25(28)34)13-17-11-19(26)23(20(12-17)31-3)33-14-22(29)27-6-8-32-9-7-27/h4-5,10-13H,6-9,14H2,1-3H3/b21-13-. The number of methoxy groups -OCH3 is 1. The lowest BCUT2D eigenvalue weighted by atomic mass is 10.1. The molecule has 184 valence electrons. The third-order valence-electron chi connectivity index (χ3n) is 5.80. The van der Waals surface area contributed by atoms with Gasteiger partial charge in [-0.05, 0) is 76.8 Å². The maximum Gasteiger partial charge on any atom is 0.270 e. The van der Waals surface area contributed by atoms with Gasteiger partial charge in [0.25, 0.3) is 11.8 Å². The number of benzene rings is 2. The van der Waals surface area contributed by atoms with E-state index in [0.717, 1.165) is 22.4 Å². The predicted molar refractivity (Wildman–Crippen MR) is 145 cm³/mol. The molecule has 7 nitrogen and oxygen atoms in total. The molecular formula is C25H25BrN2O5S2. The third kappa shape index (κ3) is 5.72. The van der Waals surface area contributed by atoms with Gasteiger partial charge in [-0.1, -0.05) is 30.0 Å². The highest BCUT2D eigenvalue weighted by Gasteiger charge is 2.33. The second-order valence-corrected chi connectivity index (χ2v) is 10.6. The van der Waals surface area contributed by atoms with Crippen LogP contribution in [0.5, 0.6) is 11.5 Å². The molecule has 35 heavy (non-hydrogen) atoms. The molecule has 2 aliphatic heterocycles. The highest BCUT2D eigenvalue weighted by molar-refractivity contribution is 9.10. The highest BCUT2D eigenvalue weighted by Crippen LogP contribution is 2.40. The zero-order valence-electron chi connectivity index (χ0n) is 19.6. The summed E-state index contributed by atoms with van der Waals surface area (Å²) in [5, 5.41) is 0. The quantitative estimate of drug-likeness (QED) is 0.364. The molecule has 4 rings (SSSR count). The van der Waals surface area contributed by atoms with Gasteiger partial charge in [-0.25, -0.2) is 0 Å². The number of carbonyl (C=O) groups is 2. The second kappa shape index (κ2) is 11.1. The van der Waals surface area contributed by atoms with Gasteiger partial charge in [0.05, 0.1) is 35.4 Å². The van der Waals surface area contributed by atoms with Crippen LogP contribution in [0.15, 0.2) is 39.7 Å². The van der Waals surface area contributed by atoms with Crippen molar-refractivity contribution >= 4 is 67.8 Å². The molecule has 0 N–H and O–H groups in total. The topological polar surface area (TPSA) is 68.3 Å². The molecule has 0 radical (unpaired) electrons. The van der Waals surface area contributed by atoms with E-state index < -0.39 is 0 Å². The van der Waals surface area contributed by atoms with Crippen molar-refractivity contribution in [1.29, 1.82) is 0 Å². The van der Waals surface area contributed by atoms with Crippen molar-refractivity contribution in [3.8, 4) is 11.5 Å². The van der Waals surface area contributed by atoms with Gasteiger partial charge in [0.15, 0.2) is 22.4 Å². The maximum absolute atomic E-state index is 13.2. The SMILES string of the molecule is COc1cc(/C=C2\SC(=S)N(c3ccc(C)c(C)c3)C2=O)cc(Br)c1OCC(=O)N1CCOCC1. The average molecular weight is 578 g/mol. The Balaban J connectivity index is 1.53. The van der Waals surface area contributed by atoms with Crippen LogP contribution in [0.1, 0.15) is 16.7 Å². The van der Waals surface area contributed by atoms with Crippen LogP contribution < -0.4 is 14.4 Å². The number of anilines is 1. The lowest BCUT2D eigenvalue weighted by Crippen LogP contribution is -2.43. The summed E-state index contributed by atoms with van der Waals surface area (Å²) in [6, 6.07) is 9.44. The van der Waals surface area contributed by atoms with Crippen LogP contribution in [0.3, 0.4) is 0 Å². The number of hydrogen-bond acceptors (Lipinski definition) is 7. The van der Waals surface area contributed by atoms with Crippen molar-refractivity contribution in [2.75, 3.05) is 44.9 Å². The zero-order valence-corrected chi connectivity index (χ0v) is 22.8. The van der Waals surface area contributed by atoms with E-state index in [1.54, 1.807) is 21.9 Å². The number of halogens is 1. The monoisotopic (exact) mass is 576 g/mol. The summed E-state index contributed by atoms with van der Waals surface area (Å²) >= 11 is 10.3. The largest absolute Gasteiger partial charge is 0.493 e. The highest BCUT2D eigenvalue weighted by atomic mass is 79.9. The number of ether oxygens (including phenoxy) is 3. The molecule has 0 bridgehead atoms. The Bertz CT molecular complexity index is 1210. The Hall–Kier alpha value is -2.40. The summed E-state index contributed by atoms with van der Waals surface area (Å²) in [7, 11) is 1.53. The lowest BCUT2D eigenvalue weighted by molar-refractivity contribution is -0.137. The fourth-order valence-corrected chi connectivity index (χ4v) is 5.58. The summed E-state index contributed by atoms with van der Waals surface area (Å²) in [5.41, 5.74) is 3.74. The maximum atomic E-state index is 13.2. The van der Waals surface area contributed by atoms with Gasteiger partial charge < -0.3 is 19.1 Å². The number of thiocarbonyl (C=S) groups is 1. The molecule has 0 aliphatic carbocycles. The number of carbonyl (C=O) groups excluding carboxylic acids is 2. The first kappa shape index (κ1) is 25.7. The van der Waals surface area contributed by atoms with E-state index in [9.17, 15) is 9.59 Å². The molecular weight excluding hydrogens is 552 g/mol. The number of morpholine rings is 1. The van der Waals surface area contributed by atoms with Crippen LogP contribution >= 0.6 is 39.9 Å². The Morgan fingerprint density at radius 2 is 1.94 bits per heavy atom. The summed E-state index contributed by atoms with van der Waals surface area (Å²) in [6.07, 6.45) is 1.77. The fraction of sp³-hybridized carbons (Fsp3) is 0.320. The fourth-order valence-electron chi connectivity index (χ4n) is 3.71. The zero-order chi connectivity index (χ0) is 25.1. The summed E-state index contributed by atoms with van der Waals surface area (Å²) in [4.78, 5) is 29.4. The Kier molecular flexibility index (Phi) is 8.16. The van der Waals surface area contributed by atoms with Crippen molar-refractivity contribution in [2.45, 2.75) is 13.8 Å². The number of thioether (sulfide) groups is 1. The molecule has 0 saturated carbocycles. The molecule has 0 aromatic heterocycles. The van der Waals surface area contributed by atoms with Gasteiger partial charge in [0, 0.05) is 13.1 Å². The molecule has 2 saturated heterocycles. The van der Waals surface area contributed by atoms with Crippen LogP contribution in [0.2, 0.25) is 0 Å². The van der Waals surface area contributed by atoms with E-state index in [4.69, 9.17) is 26.4 Å². The predicted octanol–water partition coefficient (Wildman–Crippen LogP) is 4.72. The molecule has 0 unspecified atom stereocenters. The molecule has 2 aliphatic rings. The number of rotatable bonds is 6. The van der Waals surface area contributed by atoms with Gasteiger partial charge in [0.1, 0.15) is 0 Å². The number of nitrogens with zero attached hydrogens (tertiary/aromatic N) is 2. The first-order valence-electron chi connectivity index (χ1n) is 11.0. The van der Waals surface area contributed by atoms with E-state index in [1.807, 2.05) is 38.1 Å². The minimum atomic E-state index is -0.172. The van der Waals surface area contributed by atoms with Gasteiger partial charge in [0.2, 0.25) is 0 Å². The van der Waals surface area contributed by atoms with Crippen molar-refractivity contribution in [3.05, 3.63) is 56.4 Å². The van der Waals surface area contributed by atoms with Gasteiger partial charge in [-0.2, -0.15) is 0 Å². The second-order valence-electron chi connectivity index (χ2n) is 8.10. The molecule has 2 fully saturated rings. The van der Waals surface area contributed by atoms with Crippen molar-refractivity contribution in [3.63, 3.8) is 0 Å². The molecule has 0 atom stereocenters. The van der Waals surface area contributed by atoms with E-state index >= 15 is 0 Å².